The molecule has 1 saturated heterocycles. The van der Waals surface area contributed by atoms with Crippen molar-refractivity contribution in [1.29, 1.82) is 0 Å². The van der Waals surface area contributed by atoms with Crippen LogP contribution < -0.4 is 10.6 Å². The van der Waals surface area contributed by atoms with Crippen LogP contribution in [0.5, 0.6) is 0 Å². The first-order valence-electron chi connectivity index (χ1n) is 5.37. The highest BCUT2D eigenvalue weighted by Crippen LogP contribution is 2.26. The normalized spacial score (nSPS) is 31.7. The highest BCUT2D eigenvalue weighted by atomic mass is 16.6. The molecule has 1 aliphatic rings. The summed E-state index contributed by atoms with van der Waals surface area (Å²) in [4.78, 5) is 22.4. The molecule has 3 atom stereocenters. The molecule has 17 heavy (non-hydrogen) atoms. The highest BCUT2D eigenvalue weighted by Gasteiger charge is 2.50. The lowest BCUT2D eigenvalue weighted by Crippen LogP contribution is -2.75. The lowest BCUT2D eigenvalue weighted by Gasteiger charge is -2.47. The van der Waals surface area contributed by atoms with E-state index in [9.17, 15) is 19.8 Å². The molecule has 2 amide bonds. The molecule has 98 valence electrons. The molecule has 0 unspecified atom stereocenters. The molecular weight excluding hydrogens is 228 g/mol. The smallest absolute Gasteiger partial charge is 0.218 e. The number of rotatable bonds is 2. The number of amides is 2. The van der Waals surface area contributed by atoms with E-state index in [-0.39, 0.29) is 6.42 Å². The number of carbonyl (C=O) groups is 2. The van der Waals surface area contributed by atoms with E-state index in [0.29, 0.717) is 0 Å². The van der Waals surface area contributed by atoms with Crippen molar-refractivity contribution in [2.45, 2.75) is 51.4 Å². The Balaban J connectivity index is 3.01. The largest absolute Gasteiger partial charge is 0.388 e. The molecule has 7 heteroatoms. The number of aliphatic hydroxyl groups excluding tert-OH is 2. The summed E-state index contributed by atoms with van der Waals surface area (Å²) < 4.78 is 5.14. The Labute approximate surface area is 99.1 Å². The van der Waals surface area contributed by atoms with Crippen LogP contribution in [0.25, 0.3) is 0 Å². The summed E-state index contributed by atoms with van der Waals surface area (Å²) in [5.41, 5.74) is -1.41. The molecule has 0 aromatic heterocycles. The van der Waals surface area contributed by atoms with Crippen molar-refractivity contribution in [3.8, 4) is 0 Å². The van der Waals surface area contributed by atoms with Crippen LogP contribution in [0.15, 0.2) is 0 Å². The Morgan fingerprint density at radius 3 is 2.06 bits per heavy atom. The van der Waals surface area contributed by atoms with Crippen LogP contribution in [0.4, 0.5) is 0 Å². The van der Waals surface area contributed by atoms with E-state index in [2.05, 4.69) is 10.6 Å². The monoisotopic (exact) mass is 246 g/mol. The van der Waals surface area contributed by atoms with E-state index in [1.165, 1.54) is 13.8 Å². The van der Waals surface area contributed by atoms with Crippen molar-refractivity contribution in [2.24, 2.45) is 0 Å². The molecule has 1 fully saturated rings. The van der Waals surface area contributed by atoms with Gasteiger partial charge in [-0.1, -0.05) is 0 Å². The van der Waals surface area contributed by atoms with Crippen molar-refractivity contribution in [3.63, 3.8) is 0 Å². The fourth-order valence-corrected chi connectivity index (χ4v) is 2.03. The molecule has 0 bridgehead atoms. The summed E-state index contributed by atoms with van der Waals surface area (Å²) in [5.74, 6) is -0.825. The number of hydrogen-bond acceptors (Lipinski definition) is 5. The third-order valence-electron chi connectivity index (χ3n) is 2.72. The highest BCUT2D eigenvalue weighted by molar-refractivity contribution is 5.77. The summed E-state index contributed by atoms with van der Waals surface area (Å²) in [6.07, 6.45) is -3.09. The van der Waals surface area contributed by atoms with E-state index in [1.807, 2.05) is 0 Å². The SMILES string of the molecule is CC(=O)NC1(NC(C)=O)[C@H](O)C[C@@H](O)O[C@@H]1C. The van der Waals surface area contributed by atoms with Crippen molar-refractivity contribution < 1.29 is 24.5 Å². The summed E-state index contributed by atoms with van der Waals surface area (Å²) >= 11 is 0. The van der Waals surface area contributed by atoms with Crippen LogP contribution in [0.1, 0.15) is 27.2 Å². The third kappa shape index (κ3) is 2.93. The van der Waals surface area contributed by atoms with Gasteiger partial charge >= 0.3 is 0 Å². The Morgan fingerprint density at radius 1 is 1.24 bits per heavy atom. The minimum Gasteiger partial charge on any atom is -0.388 e. The van der Waals surface area contributed by atoms with Crippen LogP contribution in [0.2, 0.25) is 0 Å². The van der Waals surface area contributed by atoms with E-state index in [0.717, 1.165) is 0 Å². The second kappa shape index (κ2) is 4.99. The summed E-state index contributed by atoms with van der Waals surface area (Å²) in [6.45, 7) is 4.10. The fraction of sp³-hybridized carbons (Fsp3) is 0.800. The van der Waals surface area contributed by atoms with E-state index in [4.69, 9.17) is 4.74 Å². The van der Waals surface area contributed by atoms with Crippen LogP contribution in [0, 0.1) is 0 Å². The number of aliphatic hydroxyl groups is 2. The Hall–Kier alpha value is -1.18. The maximum Gasteiger partial charge on any atom is 0.218 e. The van der Waals surface area contributed by atoms with E-state index >= 15 is 0 Å². The lowest BCUT2D eigenvalue weighted by atomic mass is 9.91. The maximum atomic E-state index is 11.2. The zero-order valence-electron chi connectivity index (χ0n) is 10.1. The zero-order valence-corrected chi connectivity index (χ0v) is 10.1. The lowest BCUT2D eigenvalue weighted by molar-refractivity contribution is -0.229. The minimum atomic E-state index is -1.41. The molecule has 1 aliphatic heterocycles. The molecule has 7 nitrogen and oxygen atoms in total. The fourth-order valence-electron chi connectivity index (χ4n) is 2.03. The minimum absolute atomic E-state index is 0.0924. The molecule has 0 radical (unpaired) electrons. The molecule has 1 heterocycles. The standard InChI is InChI=1S/C10H18N2O5/c1-5-10(11-6(2)13,12-7(3)14)8(15)4-9(16)17-5/h5,8-9,15-16H,4H2,1-3H3,(H,11,13)(H,12,14)/t5-,8-,9+/m1/s1. The van der Waals surface area contributed by atoms with E-state index < -0.39 is 36.0 Å². The predicted molar refractivity (Wildman–Crippen MR) is 57.5 cm³/mol. The van der Waals surface area contributed by atoms with Crippen LogP contribution >= 0.6 is 0 Å². The van der Waals surface area contributed by atoms with Gasteiger partial charge < -0.3 is 25.6 Å². The van der Waals surface area contributed by atoms with Gasteiger partial charge in [-0.2, -0.15) is 0 Å². The van der Waals surface area contributed by atoms with Gasteiger partial charge in [-0.3, -0.25) is 9.59 Å². The van der Waals surface area contributed by atoms with Crippen molar-refractivity contribution >= 4 is 11.8 Å². The average molecular weight is 246 g/mol. The van der Waals surface area contributed by atoms with Gasteiger partial charge in [0.05, 0.1) is 0 Å². The van der Waals surface area contributed by atoms with Gasteiger partial charge in [0.1, 0.15) is 12.2 Å². The zero-order chi connectivity index (χ0) is 13.2. The molecule has 0 aromatic carbocycles. The molecule has 0 aromatic rings. The predicted octanol–water partition coefficient (Wildman–Crippen LogP) is -1.56. The molecule has 0 saturated carbocycles. The van der Waals surface area contributed by atoms with Gasteiger partial charge in [0.25, 0.3) is 0 Å². The molecule has 0 spiro atoms. The summed E-state index contributed by atoms with van der Waals surface area (Å²) in [6, 6.07) is 0. The topological polar surface area (TPSA) is 108 Å². The van der Waals surface area contributed by atoms with Crippen LogP contribution in [-0.2, 0) is 14.3 Å². The van der Waals surface area contributed by atoms with Crippen molar-refractivity contribution in [3.05, 3.63) is 0 Å². The average Bonchev–Trinajstić information content (AvgIpc) is 2.12. The Bertz CT molecular complexity index is 290. The summed E-state index contributed by atoms with van der Waals surface area (Å²) in [5, 5.41) is 24.3. The molecular formula is C10H18N2O5. The maximum absolute atomic E-state index is 11.2. The number of carbonyl (C=O) groups excluding carboxylic acids is 2. The molecule has 0 aliphatic carbocycles. The van der Waals surface area contributed by atoms with Crippen LogP contribution in [0.3, 0.4) is 0 Å². The van der Waals surface area contributed by atoms with Gasteiger partial charge in [0.2, 0.25) is 11.8 Å². The van der Waals surface area contributed by atoms with Gasteiger partial charge in [0.15, 0.2) is 12.0 Å². The quantitative estimate of drug-likeness (QED) is 0.441. The first-order valence-corrected chi connectivity index (χ1v) is 5.37. The van der Waals surface area contributed by atoms with Crippen molar-refractivity contribution in [2.75, 3.05) is 0 Å². The van der Waals surface area contributed by atoms with Gasteiger partial charge in [-0.05, 0) is 6.92 Å². The summed E-state index contributed by atoms with van der Waals surface area (Å²) in [7, 11) is 0. The second-order valence-electron chi connectivity index (χ2n) is 4.22. The van der Waals surface area contributed by atoms with Crippen LogP contribution in [-0.4, -0.2) is 46.2 Å². The second-order valence-corrected chi connectivity index (χ2v) is 4.22. The first kappa shape index (κ1) is 13.9. The van der Waals surface area contributed by atoms with E-state index in [1.54, 1.807) is 6.92 Å². The first-order chi connectivity index (χ1) is 7.78. The number of hydrogen-bond donors (Lipinski definition) is 4. The number of ether oxygens (including phenoxy) is 1. The molecule has 1 rings (SSSR count). The van der Waals surface area contributed by atoms with Gasteiger partial charge in [0, 0.05) is 20.3 Å². The Kier molecular flexibility index (Phi) is 4.07. The van der Waals surface area contributed by atoms with Gasteiger partial charge in [-0.25, -0.2) is 0 Å². The number of nitrogens with one attached hydrogen (secondary N) is 2. The van der Waals surface area contributed by atoms with Gasteiger partial charge in [-0.15, -0.1) is 0 Å². The molecule has 4 N–H and O–H groups in total. The van der Waals surface area contributed by atoms with Crippen molar-refractivity contribution in [1.82, 2.24) is 10.6 Å². The Morgan fingerprint density at radius 2 is 1.71 bits per heavy atom. The third-order valence-corrected chi connectivity index (χ3v) is 2.72.